The van der Waals surface area contributed by atoms with Gasteiger partial charge in [-0.25, -0.2) is 0 Å². The van der Waals surface area contributed by atoms with E-state index in [0.29, 0.717) is 28.7 Å². The lowest BCUT2D eigenvalue weighted by Gasteiger charge is -2.15. The van der Waals surface area contributed by atoms with Crippen molar-refractivity contribution in [3.63, 3.8) is 0 Å². The Labute approximate surface area is 152 Å². The van der Waals surface area contributed by atoms with Gasteiger partial charge in [-0.2, -0.15) is 0 Å². The number of rotatable bonds is 7. The molecule has 0 bridgehead atoms. The summed E-state index contributed by atoms with van der Waals surface area (Å²) in [5.41, 5.74) is 1.37. The standard InChI is InChI=1S/C18H20Cl2N2O2/c1-12(2)24-16-9-4-3-7-14(16)21-11-10-17(23)22-15-8-5-6-13(19)18(15)20/h3-9,12,21H,10-11H2,1-2H3,(H,22,23). The number of ether oxygens (including phenoxy) is 1. The fourth-order valence-corrected chi connectivity index (χ4v) is 2.44. The van der Waals surface area contributed by atoms with Gasteiger partial charge in [0.1, 0.15) is 5.75 Å². The van der Waals surface area contributed by atoms with Crippen LogP contribution in [0.3, 0.4) is 0 Å². The molecule has 0 aliphatic rings. The van der Waals surface area contributed by atoms with Crippen molar-refractivity contribution >= 4 is 40.5 Å². The number of amides is 1. The number of carbonyl (C=O) groups is 1. The lowest BCUT2D eigenvalue weighted by molar-refractivity contribution is -0.115. The van der Waals surface area contributed by atoms with E-state index in [1.165, 1.54) is 0 Å². The van der Waals surface area contributed by atoms with E-state index < -0.39 is 0 Å². The zero-order valence-electron chi connectivity index (χ0n) is 13.6. The van der Waals surface area contributed by atoms with Crippen LogP contribution in [0.1, 0.15) is 20.3 Å². The predicted molar refractivity (Wildman–Crippen MR) is 100 cm³/mol. The highest BCUT2D eigenvalue weighted by Gasteiger charge is 2.09. The average molecular weight is 367 g/mol. The van der Waals surface area contributed by atoms with Crippen molar-refractivity contribution in [2.45, 2.75) is 26.4 Å². The molecule has 2 aromatic rings. The minimum atomic E-state index is -0.145. The third kappa shape index (κ3) is 5.32. The van der Waals surface area contributed by atoms with Gasteiger partial charge >= 0.3 is 0 Å². The number of para-hydroxylation sites is 2. The molecule has 0 saturated heterocycles. The first kappa shape index (κ1) is 18.4. The lowest BCUT2D eigenvalue weighted by Crippen LogP contribution is -2.17. The number of benzene rings is 2. The Balaban J connectivity index is 1.88. The molecular formula is C18H20Cl2N2O2. The first-order valence-corrected chi connectivity index (χ1v) is 8.46. The van der Waals surface area contributed by atoms with Crippen LogP contribution < -0.4 is 15.4 Å². The molecule has 0 atom stereocenters. The monoisotopic (exact) mass is 366 g/mol. The molecule has 1 amide bonds. The summed E-state index contributed by atoms with van der Waals surface area (Å²) in [5.74, 6) is 0.625. The summed E-state index contributed by atoms with van der Waals surface area (Å²) < 4.78 is 5.73. The third-order valence-corrected chi connectivity index (χ3v) is 3.96. The molecule has 0 fully saturated rings. The highest BCUT2D eigenvalue weighted by atomic mass is 35.5. The van der Waals surface area contributed by atoms with Crippen molar-refractivity contribution in [1.82, 2.24) is 0 Å². The fourth-order valence-electron chi connectivity index (χ4n) is 2.09. The van der Waals surface area contributed by atoms with Crippen LogP contribution in [0, 0.1) is 0 Å². The second-order valence-electron chi connectivity index (χ2n) is 5.49. The molecule has 2 N–H and O–H groups in total. The third-order valence-electron chi connectivity index (χ3n) is 3.14. The summed E-state index contributed by atoms with van der Waals surface area (Å²) in [4.78, 5) is 12.0. The van der Waals surface area contributed by atoms with E-state index in [1.54, 1.807) is 18.2 Å². The zero-order chi connectivity index (χ0) is 17.5. The van der Waals surface area contributed by atoms with E-state index in [-0.39, 0.29) is 12.0 Å². The zero-order valence-corrected chi connectivity index (χ0v) is 15.1. The van der Waals surface area contributed by atoms with Gasteiger partial charge in [0.05, 0.1) is 27.5 Å². The van der Waals surface area contributed by atoms with Gasteiger partial charge in [-0.3, -0.25) is 4.79 Å². The van der Waals surface area contributed by atoms with E-state index in [0.717, 1.165) is 11.4 Å². The van der Waals surface area contributed by atoms with Crippen LogP contribution in [0.5, 0.6) is 5.75 Å². The molecule has 0 saturated carbocycles. The molecule has 0 aliphatic carbocycles. The Morgan fingerprint density at radius 3 is 2.54 bits per heavy atom. The van der Waals surface area contributed by atoms with Gasteiger partial charge in [-0.15, -0.1) is 0 Å². The smallest absolute Gasteiger partial charge is 0.226 e. The molecule has 0 aromatic heterocycles. The van der Waals surface area contributed by atoms with Crippen molar-refractivity contribution in [3.05, 3.63) is 52.5 Å². The van der Waals surface area contributed by atoms with Crippen LogP contribution in [-0.2, 0) is 4.79 Å². The molecular weight excluding hydrogens is 347 g/mol. The molecule has 2 aromatic carbocycles. The van der Waals surface area contributed by atoms with Crippen LogP contribution in [-0.4, -0.2) is 18.6 Å². The minimum absolute atomic E-state index is 0.0845. The van der Waals surface area contributed by atoms with E-state index in [4.69, 9.17) is 27.9 Å². The maximum atomic E-state index is 12.0. The van der Waals surface area contributed by atoms with Crippen molar-refractivity contribution in [3.8, 4) is 5.75 Å². The Hall–Kier alpha value is -1.91. The highest BCUT2D eigenvalue weighted by Crippen LogP contribution is 2.29. The molecule has 6 heteroatoms. The summed E-state index contributed by atoms with van der Waals surface area (Å²) in [7, 11) is 0. The Kier molecular flexibility index (Phi) is 6.76. The second kappa shape index (κ2) is 8.81. The first-order chi connectivity index (χ1) is 11.5. The molecule has 24 heavy (non-hydrogen) atoms. The molecule has 128 valence electrons. The fraction of sp³-hybridized carbons (Fsp3) is 0.278. The lowest BCUT2D eigenvalue weighted by atomic mass is 10.2. The van der Waals surface area contributed by atoms with Gasteiger partial charge in [-0.1, -0.05) is 41.4 Å². The maximum Gasteiger partial charge on any atom is 0.226 e. The van der Waals surface area contributed by atoms with Crippen molar-refractivity contribution in [1.29, 1.82) is 0 Å². The largest absolute Gasteiger partial charge is 0.489 e. The van der Waals surface area contributed by atoms with Gasteiger partial charge in [0, 0.05) is 13.0 Å². The van der Waals surface area contributed by atoms with Crippen molar-refractivity contribution < 1.29 is 9.53 Å². The summed E-state index contributed by atoms with van der Waals surface area (Å²) >= 11 is 12.0. The number of halogens is 2. The number of nitrogens with one attached hydrogen (secondary N) is 2. The van der Waals surface area contributed by atoms with E-state index >= 15 is 0 Å². The van der Waals surface area contributed by atoms with E-state index in [1.807, 2.05) is 38.1 Å². The molecule has 0 radical (unpaired) electrons. The summed E-state index contributed by atoms with van der Waals surface area (Å²) in [6.45, 7) is 4.42. The van der Waals surface area contributed by atoms with E-state index in [2.05, 4.69) is 10.6 Å². The molecule has 0 aliphatic heterocycles. The number of carbonyl (C=O) groups excluding carboxylic acids is 1. The molecule has 0 heterocycles. The second-order valence-corrected chi connectivity index (χ2v) is 6.27. The first-order valence-electron chi connectivity index (χ1n) is 7.71. The van der Waals surface area contributed by atoms with Crippen LogP contribution >= 0.6 is 23.2 Å². The average Bonchev–Trinajstić information content (AvgIpc) is 2.53. The normalized spacial score (nSPS) is 10.5. The number of anilines is 2. The number of hydrogen-bond donors (Lipinski definition) is 2. The molecule has 0 spiro atoms. The van der Waals surface area contributed by atoms with Crippen LogP contribution in [0.4, 0.5) is 11.4 Å². The Morgan fingerprint density at radius 1 is 1.08 bits per heavy atom. The molecule has 4 nitrogen and oxygen atoms in total. The summed E-state index contributed by atoms with van der Waals surface area (Å²) in [6.07, 6.45) is 0.375. The SMILES string of the molecule is CC(C)Oc1ccccc1NCCC(=O)Nc1cccc(Cl)c1Cl. The highest BCUT2D eigenvalue weighted by molar-refractivity contribution is 6.43. The van der Waals surface area contributed by atoms with Gasteiger partial charge < -0.3 is 15.4 Å². The molecule has 0 unspecified atom stereocenters. The summed E-state index contributed by atoms with van der Waals surface area (Å²) in [6, 6.07) is 12.8. The van der Waals surface area contributed by atoms with Gasteiger partial charge in [0.2, 0.25) is 5.91 Å². The Morgan fingerprint density at radius 2 is 1.79 bits per heavy atom. The minimum Gasteiger partial charge on any atom is -0.489 e. The summed E-state index contributed by atoms with van der Waals surface area (Å²) in [5, 5.41) is 6.73. The van der Waals surface area contributed by atoms with Gasteiger partial charge in [0.15, 0.2) is 0 Å². The van der Waals surface area contributed by atoms with Crippen LogP contribution in [0.15, 0.2) is 42.5 Å². The van der Waals surface area contributed by atoms with E-state index in [9.17, 15) is 4.79 Å². The Bertz CT molecular complexity index is 705. The predicted octanol–water partition coefficient (Wildman–Crippen LogP) is 5.22. The topological polar surface area (TPSA) is 50.4 Å². The van der Waals surface area contributed by atoms with Gasteiger partial charge in [-0.05, 0) is 38.1 Å². The molecule has 2 rings (SSSR count). The van der Waals surface area contributed by atoms with Crippen molar-refractivity contribution in [2.75, 3.05) is 17.2 Å². The van der Waals surface area contributed by atoms with Gasteiger partial charge in [0.25, 0.3) is 0 Å². The number of hydrogen-bond acceptors (Lipinski definition) is 3. The van der Waals surface area contributed by atoms with Crippen LogP contribution in [0.25, 0.3) is 0 Å². The van der Waals surface area contributed by atoms with Crippen molar-refractivity contribution in [2.24, 2.45) is 0 Å². The maximum absolute atomic E-state index is 12.0. The van der Waals surface area contributed by atoms with Crippen LogP contribution in [0.2, 0.25) is 10.0 Å². The quantitative estimate of drug-likeness (QED) is 0.705.